The number of aliphatic hydroxyl groups excluding tert-OH is 3. The highest BCUT2D eigenvalue weighted by Crippen LogP contribution is 2.32. The van der Waals surface area contributed by atoms with Crippen molar-refractivity contribution in [2.45, 2.75) is 230 Å². The minimum atomic E-state index is -2.05. The Morgan fingerprint density at radius 2 is 0.960 bits per heavy atom. The lowest BCUT2D eigenvalue weighted by Gasteiger charge is -2.51. The van der Waals surface area contributed by atoms with Crippen molar-refractivity contribution >= 4 is 24.1 Å². The number of aliphatic hydroxyl groups is 3. The zero-order valence-corrected chi connectivity index (χ0v) is 33.1. The van der Waals surface area contributed by atoms with Crippen molar-refractivity contribution < 1.29 is 29.6 Å². The SMILES string of the molecule is CCCCCCCCCCCCCCCCCC(=O)N(CCCCCCCCCCCCCC)[C@]1(N)O[C@H](CC(=O)CN)[C@@H](O)[C@H](O)[C@H]1O.Cl. The van der Waals surface area contributed by atoms with Crippen LogP contribution in [-0.2, 0) is 14.3 Å². The standard InChI is InChI=1S/C40H79N3O6.ClH/c1-3-5-7-9-11-13-15-17-18-19-20-22-24-26-28-30-36(45)43(31-29-27-25-23-21-16-14-12-10-8-6-4-2)40(42)39(48)38(47)37(46)35(49-40)32-34(44)33-41;/h35,37-39,46-48H,3-33,41-42H2,1-2H3;1H/t35-,37-,38+,39-,40+;/m1./s1. The van der Waals surface area contributed by atoms with E-state index in [0.717, 1.165) is 38.5 Å². The summed E-state index contributed by atoms with van der Waals surface area (Å²) in [5.41, 5.74) is 12.1. The number of nitrogens with two attached hydrogens (primary N) is 2. The third-order valence-corrected chi connectivity index (χ3v) is 10.4. The molecule has 0 aromatic heterocycles. The first kappa shape index (κ1) is 49.2. The van der Waals surface area contributed by atoms with Gasteiger partial charge in [0.2, 0.25) is 11.8 Å². The predicted octanol–water partition coefficient (Wildman–Crippen LogP) is 8.21. The number of hydrogen-bond acceptors (Lipinski definition) is 8. The fourth-order valence-corrected chi connectivity index (χ4v) is 7.11. The van der Waals surface area contributed by atoms with Crippen LogP contribution in [0.4, 0.5) is 0 Å². The zero-order chi connectivity index (χ0) is 36.2. The second kappa shape index (κ2) is 31.7. The molecule has 0 radical (unpaired) electrons. The van der Waals surface area contributed by atoms with Crippen molar-refractivity contribution in [3.05, 3.63) is 0 Å². The van der Waals surface area contributed by atoms with Gasteiger partial charge in [0.25, 0.3) is 0 Å². The van der Waals surface area contributed by atoms with Gasteiger partial charge in [0.1, 0.15) is 24.1 Å². The lowest BCUT2D eigenvalue weighted by Crippen LogP contribution is -2.76. The predicted molar refractivity (Wildman–Crippen MR) is 208 cm³/mol. The Bertz CT molecular complexity index is 824. The van der Waals surface area contributed by atoms with Crippen molar-refractivity contribution in [2.24, 2.45) is 11.5 Å². The van der Waals surface area contributed by atoms with E-state index in [1.165, 1.54) is 127 Å². The molecule has 1 saturated heterocycles. The maximum Gasteiger partial charge on any atom is 0.227 e. The second-order valence-corrected chi connectivity index (χ2v) is 14.9. The topological polar surface area (TPSA) is 159 Å². The van der Waals surface area contributed by atoms with Gasteiger partial charge in [-0.1, -0.05) is 174 Å². The van der Waals surface area contributed by atoms with Gasteiger partial charge >= 0.3 is 0 Å². The van der Waals surface area contributed by atoms with E-state index >= 15 is 0 Å². The van der Waals surface area contributed by atoms with Crippen molar-refractivity contribution in [1.29, 1.82) is 0 Å². The largest absolute Gasteiger partial charge is 0.388 e. The summed E-state index contributed by atoms with van der Waals surface area (Å²) in [6.07, 6.45) is 26.6. The van der Waals surface area contributed by atoms with Crippen LogP contribution in [-0.4, -0.2) is 75.3 Å². The zero-order valence-electron chi connectivity index (χ0n) is 32.3. The Hall–Kier alpha value is -0.810. The van der Waals surface area contributed by atoms with Crippen LogP contribution in [0.15, 0.2) is 0 Å². The number of hydrogen-bond donors (Lipinski definition) is 5. The molecule has 0 aliphatic carbocycles. The Morgan fingerprint density at radius 1 is 0.600 bits per heavy atom. The summed E-state index contributed by atoms with van der Waals surface area (Å²) in [5, 5.41) is 32.3. The van der Waals surface area contributed by atoms with Gasteiger partial charge in [0.05, 0.1) is 12.6 Å². The van der Waals surface area contributed by atoms with E-state index in [0.29, 0.717) is 12.8 Å². The number of nitrogens with zero attached hydrogens (tertiary/aromatic N) is 1. The van der Waals surface area contributed by atoms with Crippen LogP contribution in [0.25, 0.3) is 0 Å². The number of halogens is 1. The molecule has 0 saturated carbocycles. The molecule has 0 aromatic carbocycles. The Kier molecular flexibility index (Phi) is 31.2. The van der Waals surface area contributed by atoms with Crippen LogP contribution in [0.5, 0.6) is 0 Å². The molecule has 298 valence electrons. The molecule has 1 rings (SSSR count). The summed E-state index contributed by atoms with van der Waals surface area (Å²) in [7, 11) is 0. The van der Waals surface area contributed by atoms with Crippen LogP contribution >= 0.6 is 12.4 Å². The Labute approximate surface area is 312 Å². The number of unbranched alkanes of at least 4 members (excludes halogenated alkanes) is 25. The van der Waals surface area contributed by atoms with Gasteiger partial charge < -0.3 is 25.8 Å². The first-order chi connectivity index (χ1) is 23.7. The Morgan fingerprint density at radius 3 is 1.34 bits per heavy atom. The number of Topliss-reactive ketones (excluding diaryl/α,β-unsaturated/α-hetero) is 1. The van der Waals surface area contributed by atoms with Crippen molar-refractivity contribution in [3.8, 4) is 0 Å². The molecule has 0 spiro atoms. The summed E-state index contributed by atoms with van der Waals surface area (Å²) >= 11 is 0. The van der Waals surface area contributed by atoms with Gasteiger partial charge in [-0.3, -0.25) is 20.2 Å². The maximum atomic E-state index is 13.7. The number of ketones is 1. The third kappa shape index (κ3) is 21.0. The van der Waals surface area contributed by atoms with Crippen LogP contribution < -0.4 is 11.5 Å². The van der Waals surface area contributed by atoms with Gasteiger partial charge in [-0.15, -0.1) is 12.4 Å². The second-order valence-electron chi connectivity index (χ2n) is 14.9. The molecule has 0 unspecified atom stereocenters. The molecule has 0 bridgehead atoms. The maximum absolute atomic E-state index is 13.7. The van der Waals surface area contributed by atoms with Crippen molar-refractivity contribution in [1.82, 2.24) is 4.90 Å². The summed E-state index contributed by atoms with van der Waals surface area (Å²) in [5.74, 6) is -2.67. The monoisotopic (exact) mass is 734 g/mol. The number of rotatable bonds is 33. The summed E-state index contributed by atoms with van der Waals surface area (Å²) in [6, 6.07) is 0. The minimum absolute atomic E-state index is 0. The van der Waals surface area contributed by atoms with Crippen LogP contribution in [0, 0.1) is 0 Å². The van der Waals surface area contributed by atoms with Gasteiger partial charge in [0, 0.05) is 19.4 Å². The van der Waals surface area contributed by atoms with Crippen LogP contribution in [0.1, 0.15) is 200 Å². The molecule has 5 atom stereocenters. The molecule has 0 aromatic rings. The molecular formula is C40H80ClN3O6. The van der Waals surface area contributed by atoms with Crippen molar-refractivity contribution in [2.75, 3.05) is 13.1 Å². The number of carbonyl (C=O) groups is 2. The fourth-order valence-electron chi connectivity index (χ4n) is 7.11. The fraction of sp³-hybridized carbons (Fsp3) is 0.950. The third-order valence-electron chi connectivity index (χ3n) is 10.4. The molecule has 1 aliphatic heterocycles. The van der Waals surface area contributed by atoms with Gasteiger partial charge in [0.15, 0.2) is 0 Å². The summed E-state index contributed by atoms with van der Waals surface area (Å²) < 4.78 is 5.96. The lowest BCUT2D eigenvalue weighted by atomic mass is 9.91. The molecule has 9 nitrogen and oxygen atoms in total. The van der Waals surface area contributed by atoms with E-state index in [9.17, 15) is 24.9 Å². The molecule has 1 aliphatic rings. The molecule has 10 heteroatoms. The number of ether oxygens (including phenoxy) is 1. The van der Waals surface area contributed by atoms with E-state index in [2.05, 4.69) is 13.8 Å². The van der Waals surface area contributed by atoms with Crippen LogP contribution in [0.2, 0.25) is 0 Å². The van der Waals surface area contributed by atoms with E-state index in [1.54, 1.807) is 0 Å². The highest BCUT2D eigenvalue weighted by atomic mass is 35.5. The summed E-state index contributed by atoms with van der Waals surface area (Å²) in [4.78, 5) is 27.1. The molecule has 1 fully saturated rings. The lowest BCUT2D eigenvalue weighted by molar-refractivity contribution is -0.308. The van der Waals surface area contributed by atoms with E-state index in [1.807, 2.05) is 0 Å². The van der Waals surface area contributed by atoms with E-state index in [4.69, 9.17) is 16.2 Å². The molecule has 50 heavy (non-hydrogen) atoms. The van der Waals surface area contributed by atoms with Gasteiger partial charge in [-0.25, -0.2) is 0 Å². The molecule has 1 amide bonds. The molecule has 7 N–H and O–H groups in total. The van der Waals surface area contributed by atoms with Crippen LogP contribution in [0.3, 0.4) is 0 Å². The average Bonchev–Trinajstić information content (AvgIpc) is 3.09. The highest BCUT2D eigenvalue weighted by molar-refractivity contribution is 5.85. The number of amides is 1. The molecule has 1 heterocycles. The first-order valence-electron chi connectivity index (χ1n) is 20.8. The highest BCUT2D eigenvalue weighted by Gasteiger charge is 2.55. The smallest absolute Gasteiger partial charge is 0.227 e. The quantitative estimate of drug-likeness (QED) is 0.0333. The molecular weight excluding hydrogens is 654 g/mol. The number of carbonyl (C=O) groups excluding carboxylic acids is 2. The Balaban J connectivity index is 0.0000240. The van der Waals surface area contributed by atoms with Gasteiger partial charge in [-0.2, -0.15) is 0 Å². The van der Waals surface area contributed by atoms with Crippen molar-refractivity contribution in [3.63, 3.8) is 0 Å². The minimum Gasteiger partial charge on any atom is -0.388 e. The van der Waals surface area contributed by atoms with E-state index in [-0.39, 0.29) is 50.0 Å². The summed E-state index contributed by atoms with van der Waals surface area (Å²) in [6.45, 7) is 4.52. The first-order valence-corrected chi connectivity index (χ1v) is 20.8. The van der Waals surface area contributed by atoms with E-state index < -0.39 is 30.3 Å². The van der Waals surface area contributed by atoms with Gasteiger partial charge in [-0.05, 0) is 12.8 Å². The normalized spacial score (nSPS) is 22.0. The average molecular weight is 735 g/mol.